The van der Waals surface area contributed by atoms with Crippen LogP contribution in [-0.4, -0.2) is 92.1 Å². The Morgan fingerprint density at radius 2 is 1.03 bits per heavy atom. The second-order valence-electron chi connectivity index (χ2n) is 6.93. The topological polar surface area (TPSA) is 306 Å². The fourth-order valence-corrected chi connectivity index (χ4v) is 2.40. The van der Waals surface area contributed by atoms with E-state index in [0.717, 1.165) is 0 Å². The van der Waals surface area contributed by atoms with Gasteiger partial charge in [0.05, 0.1) is 25.3 Å². The number of nitrogens with two attached hydrogens (primary N) is 2. The van der Waals surface area contributed by atoms with Crippen molar-refractivity contribution >= 4 is 47.5 Å². The van der Waals surface area contributed by atoms with Gasteiger partial charge in [0.2, 0.25) is 23.6 Å². The quantitative estimate of drug-likeness (QED) is 0.0984. The standard InChI is InChI=1S/C17H25N5O12/c18-6(1-2-11(24)25)14(30)20-7(3-10(19)23)15(31)21-8(4-12(26)27)16(32)22-9(17(33)34)5-13(28)29/h6-9H,1-5,18H2,(H2,19,23)(H,20,30)(H,21,31)(H,22,32)(H,24,25)(H,26,27)(H,28,29)(H,33,34). The van der Waals surface area contributed by atoms with Crippen molar-refractivity contribution in [2.45, 2.75) is 56.3 Å². The largest absolute Gasteiger partial charge is 0.481 e. The van der Waals surface area contributed by atoms with Crippen LogP contribution < -0.4 is 27.4 Å². The van der Waals surface area contributed by atoms with E-state index >= 15 is 0 Å². The summed E-state index contributed by atoms with van der Waals surface area (Å²) in [5.74, 6) is -11.0. The summed E-state index contributed by atoms with van der Waals surface area (Å²) >= 11 is 0. The molecule has 0 aromatic carbocycles. The summed E-state index contributed by atoms with van der Waals surface area (Å²) in [5, 5.41) is 41.1. The summed E-state index contributed by atoms with van der Waals surface area (Å²) in [7, 11) is 0. The molecular weight excluding hydrogens is 466 g/mol. The van der Waals surface area contributed by atoms with Crippen molar-refractivity contribution in [3.63, 3.8) is 0 Å². The van der Waals surface area contributed by atoms with Crippen LogP contribution in [0.3, 0.4) is 0 Å². The summed E-state index contributed by atoms with van der Waals surface area (Å²) < 4.78 is 0. The molecule has 17 nitrogen and oxygen atoms in total. The van der Waals surface area contributed by atoms with Crippen LogP contribution in [0.25, 0.3) is 0 Å². The third-order valence-corrected chi connectivity index (χ3v) is 4.05. The minimum atomic E-state index is -1.95. The van der Waals surface area contributed by atoms with Gasteiger partial charge in [0, 0.05) is 6.42 Å². The molecule has 17 heteroatoms. The lowest BCUT2D eigenvalue weighted by atomic mass is 10.1. The summed E-state index contributed by atoms with van der Waals surface area (Å²) in [6.07, 6.45) is -3.75. The van der Waals surface area contributed by atoms with Gasteiger partial charge in [-0.15, -0.1) is 0 Å². The van der Waals surface area contributed by atoms with Gasteiger partial charge in [-0.2, -0.15) is 0 Å². The van der Waals surface area contributed by atoms with E-state index in [-0.39, 0.29) is 6.42 Å². The highest BCUT2D eigenvalue weighted by Crippen LogP contribution is 2.02. The molecular formula is C17H25N5O12. The minimum absolute atomic E-state index is 0.323. The second-order valence-corrected chi connectivity index (χ2v) is 6.93. The van der Waals surface area contributed by atoms with Crippen LogP contribution in [0.4, 0.5) is 0 Å². The Hall–Kier alpha value is -4.28. The number of hydrogen-bond acceptors (Lipinski definition) is 9. The van der Waals surface area contributed by atoms with Crippen molar-refractivity contribution in [2.75, 3.05) is 0 Å². The molecule has 0 saturated carbocycles. The Morgan fingerprint density at radius 3 is 1.44 bits per heavy atom. The van der Waals surface area contributed by atoms with Gasteiger partial charge in [0.15, 0.2) is 0 Å². The third-order valence-electron chi connectivity index (χ3n) is 4.05. The molecule has 0 aliphatic heterocycles. The van der Waals surface area contributed by atoms with E-state index < -0.39 is 97.4 Å². The Balaban J connectivity index is 5.54. The van der Waals surface area contributed by atoms with Crippen molar-refractivity contribution < 1.29 is 58.8 Å². The minimum Gasteiger partial charge on any atom is -0.481 e. The maximum Gasteiger partial charge on any atom is 0.326 e. The Labute approximate surface area is 190 Å². The van der Waals surface area contributed by atoms with Crippen LogP contribution in [0, 0.1) is 0 Å². The van der Waals surface area contributed by atoms with Crippen LogP contribution in [0.2, 0.25) is 0 Å². The maximum atomic E-state index is 12.5. The number of rotatable bonds is 16. The van der Waals surface area contributed by atoms with E-state index in [1.54, 1.807) is 5.32 Å². The molecule has 0 heterocycles. The first-order chi connectivity index (χ1) is 15.6. The van der Waals surface area contributed by atoms with Crippen LogP contribution >= 0.6 is 0 Å². The summed E-state index contributed by atoms with van der Waals surface area (Å²) in [6, 6.07) is -7.04. The van der Waals surface area contributed by atoms with E-state index in [4.69, 9.17) is 31.9 Å². The Kier molecular flexibility index (Phi) is 12.2. The predicted octanol–water partition coefficient (Wildman–Crippen LogP) is -4.46. The number of amides is 4. The van der Waals surface area contributed by atoms with Gasteiger partial charge in [-0.3, -0.25) is 33.6 Å². The number of primary amides is 1. The Bertz CT molecular complexity index is 845. The summed E-state index contributed by atoms with van der Waals surface area (Å²) in [5.41, 5.74) is 10.5. The molecule has 34 heavy (non-hydrogen) atoms. The lowest BCUT2D eigenvalue weighted by Crippen LogP contribution is -2.58. The van der Waals surface area contributed by atoms with Gasteiger partial charge in [-0.25, -0.2) is 4.79 Å². The molecule has 0 bridgehead atoms. The molecule has 0 radical (unpaired) electrons. The van der Waals surface area contributed by atoms with Gasteiger partial charge in [-0.1, -0.05) is 0 Å². The molecule has 0 spiro atoms. The van der Waals surface area contributed by atoms with Gasteiger partial charge in [0.25, 0.3) is 0 Å². The zero-order valence-electron chi connectivity index (χ0n) is 17.6. The smallest absolute Gasteiger partial charge is 0.326 e. The number of nitrogens with one attached hydrogen (secondary N) is 3. The van der Waals surface area contributed by atoms with Crippen molar-refractivity contribution in [3.05, 3.63) is 0 Å². The number of aliphatic carboxylic acids is 4. The molecule has 4 atom stereocenters. The highest BCUT2D eigenvalue weighted by molar-refractivity contribution is 5.97. The van der Waals surface area contributed by atoms with Gasteiger partial charge in [-0.05, 0) is 6.42 Å². The first kappa shape index (κ1) is 29.7. The maximum absolute atomic E-state index is 12.5. The zero-order valence-corrected chi connectivity index (χ0v) is 17.6. The molecule has 4 amide bonds. The number of hydrogen-bond donors (Lipinski definition) is 9. The number of carbonyl (C=O) groups excluding carboxylic acids is 4. The van der Waals surface area contributed by atoms with Crippen molar-refractivity contribution in [1.29, 1.82) is 0 Å². The van der Waals surface area contributed by atoms with E-state index in [2.05, 4.69) is 0 Å². The fraction of sp³-hybridized carbons (Fsp3) is 0.529. The zero-order chi connectivity index (χ0) is 26.6. The van der Waals surface area contributed by atoms with Crippen LogP contribution in [-0.2, 0) is 38.4 Å². The number of carboxylic acids is 4. The number of carboxylic acid groups (broad SMARTS) is 4. The van der Waals surface area contributed by atoms with Gasteiger partial charge in [0.1, 0.15) is 18.1 Å². The van der Waals surface area contributed by atoms with Gasteiger partial charge < -0.3 is 47.8 Å². The molecule has 190 valence electrons. The van der Waals surface area contributed by atoms with Crippen LogP contribution in [0.15, 0.2) is 0 Å². The lowest BCUT2D eigenvalue weighted by Gasteiger charge is -2.23. The summed E-state index contributed by atoms with van der Waals surface area (Å²) in [6.45, 7) is 0. The van der Waals surface area contributed by atoms with E-state index in [0.29, 0.717) is 0 Å². The monoisotopic (exact) mass is 491 g/mol. The van der Waals surface area contributed by atoms with Crippen LogP contribution in [0.5, 0.6) is 0 Å². The SMILES string of the molecule is NC(=O)CC(NC(=O)C(N)CCC(=O)O)C(=O)NC(CC(=O)O)C(=O)NC(CC(=O)O)C(=O)O. The molecule has 0 rings (SSSR count). The third kappa shape index (κ3) is 11.9. The van der Waals surface area contributed by atoms with Crippen molar-refractivity contribution in [2.24, 2.45) is 11.5 Å². The van der Waals surface area contributed by atoms with E-state index in [1.165, 1.54) is 0 Å². The Morgan fingerprint density at radius 1 is 0.618 bits per heavy atom. The van der Waals surface area contributed by atoms with Gasteiger partial charge >= 0.3 is 23.9 Å². The molecule has 0 aromatic heterocycles. The van der Waals surface area contributed by atoms with E-state index in [9.17, 15) is 38.4 Å². The molecule has 0 fully saturated rings. The molecule has 0 saturated heterocycles. The molecule has 4 unspecified atom stereocenters. The van der Waals surface area contributed by atoms with Crippen LogP contribution in [0.1, 0.15) is 32.1 Å². The highest BCUT2D eigenvalue weighted by Gasteiger charge is 2.33. The van der Waals surface area contributed by atoms with E-state index in [1.807, 2.05) is 10.6 Å². The first-order valence-corrected chi connectivity index (χ1v) is 9.47. The normalized spacial score (nSPS) is 13.9. The lowest BCUT2D eigenvalue weighted by molar-refractivity contribution is -0.148. The average Bonchev–Trinajstić information content (AvgIpc) is 2.68. The first-order valence-electron chi connectivity index (χ1n) is 9.47. The molecule has 0 aliphatic rings. The average molecular weight is 491 g/mol. The highest BCUT2D eigenvalue weighted by atomic mass is 16.4. The van der Waals surface area contributed by atoms with Crippen molar-refractivity contribution in [1.82, 2.24) is 16.0 Å². The summed E-state index contributed by atoms with van der Waals surface area (Å²) in [4.78, 5) is 91.8. The second kappa shape index (κ2) is 14.0. The number of carbonyl (C=O) groups is 8. The van der Waals surface area contributed by atoms with Crippen molar-refractivity contribution in [3.8, 4) is 0 Å². The molecule has 0 aromatic rings. The molecule has 11 N–H and O–H groups in total. The molecule has 0 aliphatic carbocycles. The fourth-order valence-electron chi connectivity index (χ4n) is 2.40. The predicted molar refractivity (Wildman–Crippen MR) is 107 cm³/mol.